The molecule has 1 amide bonds. The van der Waals surface area contributed by atoms with Crippen LogP contribution in [0.2, 0.25) is 5.02 Å². The van der Waals surface area contributed by atoms with Crippen molar-refractivity contribution in [2.45, 2.75) is 6.04 Å². The second-order valence-electron chi connectivity index (χ2n) is 7.48. The van der Waals surface area contributed by atoms with Crippen LogP contribution in [0.5, 0.6) is 0 Å². The van der Waals surface area contributed by atoms with Gasteiger partial charge < -0.3 is 16.2 Å². The summed E-state index contributed by atoms with van der Waals surface area (Å²) in [6.07, 6.45) is 3.01. The van der Waals surface area contributed by atoms with E-state index in [-0.39, 0.29) is 16.9 Å². The van der Waals surface area contributed by atoms with Gasteiger partial charge >= 0.3 is 0 Å². The fraction of sp³-hybridized carbons (Fsp3) is 0.130. The smallest absolute Gasteiger partial charge is 0.257 e. The van der Waals surface area contributed by atoms with Crippen LogP contribution in [0.4, 0.5) is 14.6 Å². The molecule has 0 fully saturated rings. The summed E-state index contributed by atoms with van der Waals surface area (Å²) in [5, 5.41) is 20.2. The minimum atomic E-state index is -1.10. The number of aliphatic hydroxyl groups is 1. The molecule has 1 atom stereocenters. The molecule has 34 heavy (non-hydrogen) atoms. The molecule has 1 unspecified atom stereocenters. The van der Waals surface area contributed by atoms with Crippen LogP contribution in [0.3, 0.4) is 0 Å². The van der Waals surface area contributed by atoms with Crippen molar-refractivity contribution in [3.05, 3.63) is 82.6 Å². The molecule has 0 aliphatic heterocycles. The van der Waals surface area contributed by atoms with Crippen molar-refractivity contribution in [2.75, 3.05) is 12.3 Å². The predicted octanol–water partition coefficient (Wildman–Crippen LogP) is 3.52. The monoisotopic (exact) mass is 484 g/mol. The number of amides is 1. The number of anilines is 1. The van der Waals surface area contributed by atoms with Gasteiger partial charge in [0.05, 0.1) is 24.5 Å². The van der Waals surface area contributed by atoms with Crippen molar-refractivity contribution in [3.8, 4) is 22.4 Å². The molecular formula is C23H19ClF2N6O2. The molecule has 2 aromatic heterocycles. The zero-order valence-corrected chi connectivity index (χ0v) is 18.6. The summed E-state index contributed by atoms with van der Waals surface area (Å²) >= 11 is 5.95. The summed E-state index contributed by atoms with van der Waals surface area (Å²) in [7, 11) is 1.69. The largest absolute Gasteiger partial charge is 0.394 e. The van der Waals surface area contributed by atoms with E-state index in [0.29, 0.717) is 21.8 Å². The first-order valence-corrected chi connectivity index (χ1v) is 10.4. The number of benzene rings is 2. The van der Waals surface area contributed by atoms with Gasteiger partial charge in [-0.15, -0.1) is 5.10 Å². The van der Waals surface area contributed by atoms with Crippen LogP contribution in [0.1, 0.15) is 22.0 Å². The maximum absolute atomic E-state index is 15.0. The molecule has 2 heterocycles. The summed E-state index contributed by atoms with van der Waals surface area (Å²) in [5.74, 6) is -3.16. The second kappa shape index (κ2) is 9.54. The number of carbonyl (C=O) groups excluding carboxylic acids is 1. The molecule has 4 rings (SSSR count). The van der Waals surface area contributed by atoms with Crippen LogP contribution in [0.25, 0.3) is 22.4 Å². The van der Waals surface area contributed by atoms with E-state index in [1.165, 1.54) is 17.1 Å². The number of aryl methyl sites for hydroxylation is 1. The Morgan fingerprint density at radius 1 is 1.18 bits per heavy atom. The van der Waals surface area contributed by atoms with Gasteiger partial charge in [0, 0.05) is 29.4 Å². The van der Waals surface area contributed by atoms with Gasteiger partial charge in [-0.2, -0.15) is 0 Å². The second-order valence-corrected chi connectivity index (χ2v) is 7.91. The Bertz CT molecular complexity index is 1350. The lowest BCUT2D eigenvalue weighted by Crippen LogP contribution is -2.32. The topological polar surface area (TPSA) is 119 Å². The summed E-state index contributed by atoms with van der Waals surface area (Å²) < 4.78 is 31.5. The summed E-state index contributed by atoms with van der Waals surface area (Å²) in [4.78, 5) is 16.8. The molecule has 0 aliphatic carbocycles. The molecule has 0 radical (unpaired) electrons. The zero-order valence-electron chi connectivity index (χ0n) is 17.8. The van der Waals surface area contributed by atoms with Crippen molar-refractivity contribution >= 4 is 23.3 Å². The van der Waals surface area contributed by atoms with Crippen LogP contribution in [-0.4, -0.2) is 37.6 Å². The SMILES string of the molecule is Cn1nncc1-c1cnc(N)c(-c2cc(F)c(C(=O)NC(CO)c3cccc(Cl)c3)c(F)c2)c1. The van der Waals surface area contributed by atoms with E-state index in [0.717, 1.165) is 12.1 Å². The first-order chi connectivity index (χ1) is 16.3. The highest BCUT2D eigenvalue weighted by molar-refractivity contribution is 6.30. The van der Waals surface area contributed by atoms with Crippen LogP contribution in [-0.2, 0) is 7.05 Å². The van der Waals surface area contributed by atoms with Crippen molar-refractivity contribution in [3.63, 3.8) is 0 Å². The molecule has 11 heteroatoms. The van der Waals surface area contributed by atoms with Gasteiger partial charge in [-0.1, -0.05) is 28.9 Å². The number of hydrogen-bond acceptors (Lipinski definition) is 6. The van der Waals surface area contributed by atoms with Gasteiger partial charge in [0.15, 0.2) is 0 Å². The Labute approximate surface area is 198 Å². The molecule has 0 aliphatic rings. The van der Waals surface area contributed by atoms with Crippen molar-refractivity contribution in [1.82, 2.24) is 25.3 Å². The summed E-state index contributed by atoms with van der Waals surface area (Å²) in [6, 6.07) is 9.14. The third-order valence-corrected chi connectivity index (χ3v) is 5.48. The number of nitrogen functional groups attached to an aromatic ring is 1. The normalized spacial score (nSPS) is 11.9. The molecule has 2 aromatic carbocycles. The lowest BCUT2D eigenvalue weighted by molar-refractivity contribution is 0.0907. The fourth-order valence-corrected chi connectivity index (χ4v) is 3.73. The predicted molar refractivity (Wildman–Crippen MR) is 123 cm³/mol. The van der Waals surface area contributed by atoms with E-state index in [1.54, 1.807) is 37.4 Å². The van der Waals surface area contributed by atoms with E-state index in [2.05, 4.69) is 20.6 Å². The molecule has 4 aromatic rings. The lowest BCUT2D eigenvalue weighted by atomic mass is 10.0. The number of hydrogen-bond donors (Lipinski definition) is 3. The van der Waals surface area contributed by atoms with Gasteiger partial charge in [0.1, 0.15) is 23.0 Å². The Morgan fingerprint density at radius 2 is 1.91 bits per heavy atom. The van der Waals surface area contributed by atoms with Crippen molar-refractivity contribution in [2.24, 2.45) is 7.05 Å². The fourth-order valence-electron chi connectivity index (χ4n) is 3.53. The standard InChI is InChI=1S/C23H19ClF2N6O2/c1-32-20(10-29-31-32)14-6-16(22(27)28-9-14)13-7-17(25)21(18(26)8-13)23(34)30-19(11-33)12-3-2-4-15(24)5-12/h2-10,19,33H,11H2,1H3,(H2,27,28)(H,30,34). The Balaban J connectivity index is 1.66. The summed E-state index contributed by atoms with van der Waals surface area (Å²) in [5.41, 5.74) is 7.25. The maximum atomic E-state index is 15.0. The van der Waals surface area contributed by atoms with Gasteiger partial charge in [-0.25, -0.2) is 18.4 Å². The number of rotatable bonds is 6. The average Bonchev–Trinajstić information content (AvgIpc) is 3.23. The maximum Gasteiger partial charge on any atom is 0.257 e. The minimum Gasteiger partial charge on any atom is -0.394 e. The van der Waals surface area contributed by atoms with Crippen LogP contribution in [0.15, 0.2) is 54.9 Å². The number of halogens is 3. The van der Waals surface area contributed by atoms with Gasteiger partial charge in [-0.05, 0) is 41.5 Å². The van der Waals surface area contributed by atoms with E-state index in [9.17, 15) is 18.7 Å². The zero-order chi connectivity index (χ0) is 24.4. The highest BCUT2D eigenvalue weighted by atomic mass is 35.5. The van der Waals surface area contributed by atoms with Gasteiger partial charge in [0.2, 0.25) is 0 Å². The number of pyridine rings is 1. The van der Waals surface area contributed by atoms with E-state index < -0.39 is 35.8 Å². The molecule has 174 valence electrons. The Kier molecular flexibility index (Phi) is 6.53. The number of carbonyl (C=O) groups is 1. The Hall–Kier alpha value is -3.89. The number of aliphatic hydroxyl groups excluding tert-OH is 1. The summed E-state index contributed by atoms with van der Waals surface area (Å²) in [6.45, 7) is -0.495. The molecular weight excluding hydrogens is 466 g/mol. The molecule has 0 bridgehead atoms. The van der Waals surface area contributed by atoms with E-state index in [4.69, 9.17) is 17.3 Å². The first-order valence-electron chi connectivity index (χ1n) is 10.1. The quantitative estimate of drug-likeness (QED) is 0.385. The molecule has 0 saturated carbocycles. The lowest BCUT2D eigenvalue weighted by Gasteiger charge is -2.18. The highest BCUT2D eigenvalue weighted by Crippen LogP contribution is 2.31. The van der Waals surface area contributed by atoms with Crippen LogP contribution < -0.4 is 11.1 Å². The third-order valence-electron chi connectivity index (χ3n) is 5.25. The van der Waals surface area contributed by atoms with Crippen LogP contribution in [0, 0.1) is 11.6 Å². The minimum absolute atomic E-state index is 0.0520. The number of nitrogens with zero attached hydrogens (tertiary/aromatic N) is 4. The molecule has 4 N–H and O–H groups in total. The molecule has 0 saturated heterocycles. The molecule has 8 nitrogen and oxygen atoms in total. The first kappa shape index (κ1) is 23.3. The Morgan fingerprint density at radius 3 is 2.53 bits per heavy atom. The highest BCUT2D eigenvalue weighted by Gasteiger charge is 2.23. The van der Waals surface area contributed by atoms with Gasteiger partial charge in [0.25, 0.3) is 5.91 Å². The van der Waals surface area contributed by atoms with Crippen LogP contribution >= 0.6 is 11.6 Å². The number of nitrogens with two attached hydrogens (primary N) is 1. The van der Waals surface area contributed by atoms with Gasteiger partial charge in [-0.3, -0.25) is 4.79 Å². The molecule has 0 spiro atoms. The number of aromatic nitrogens is 4. The van der Waals surface area contributed by atoms with E-state index in [1.807, 2.05) is 0 Å². The van der Waals surface area contributed by atoms with Crippen molar-refractivity contribution in [1.29, 1.82) is 0 Å². The average molecular weight is 485 g/mol. The number of nitrogens with one attached hydrogen (secondary N) is 1. The van der Waals surface area contributed by atoms with E-state index >= 15 is 0 Å². The third kappa shape index (κ3) is 4.59. The van der Waals surface area contributed by atoms with Crippen molar-refractivity contribution < 1.29 is 18.7 Å².